The number of nitrogens with zero attached hydrogens (tertiary/aromatic N) is 1. The number of amides is 3. The first kappa shape index (κ1) is 19.8. The van der Waals surface area contributed by atoms with Gasteiger partial charge in [-0.3, -0.25) is 14.9 Å². The second-order valence-electron chi connectivity index (χ2n) is 5.71. The Labute approximate surface area is 154 Å². The minimum absolute atomic E-state index is 0.0579. The highest BCUT2D eigenvalue weighted by Crippen LogP contribution is 2.18. The monoisotopic (exact) mass is 374 g/mol. The van der Waals surface area contributed by atoms with Crippen LogP contribution in [0.2, 0.25) is 0 Å². The molecule has 0 radical (unpaired) electrons. The van der Waals surface area contributed by atoms with E-state index in [0.29, 0.717) is 5.56 Å². The van der Waals surface area contributed by atoms with Crippen molar-refractivity contribution in [2.75, 3.05) is 13.1 Å². The number of rotatable bonds is 7. The summed E-state index contributed by atoms with van der Waals surface area (Å²) in [5, 5.41) is 18.5. The van der Waals surface area contributed by atoms with E-state index in [0.717, 1.165) is 0 Å². The van der Waals surface area contributed by atoms with E-state index in [-0.39, 0.29) is 24.3 Å². The van der Waals surface area contributed by atoms with Crippen LogP contribution in [0.5, 0.6) is 0 Å². The van der Waals surface area contributed by atoms with Gasteiger partial charge in [0.2, 0.25) is 0 Å². The molecule has 0 aliphatic carbocycles. The first-order valence-electron chi connectivity index (χ1n) is 8.20. The van der Waals surface area contributed by atoms with E-state index in [2.05, 4.69) is 16.0 Å². The number of nitro groups is 1. The summed E-state index contributed by atoms with van der Waals surface area (Å²) in [4.78, 5) is 34.0. The van der Waals surface area contributed by atoms with Crippen LogP contribution in [0.3, 0.4) is 0 Å². The summed E-state index contributed by atoms with van der Waals surface area (Å²) in [6.45, 7) is 1.94. The number of benzene rings is 2. The third-order valence-corrected chi connectivity index (χ3v) is 3.74. The van der Waals surface area contributed by atoms with Crippen molar-refractivity contribution < 1.29 is 18.9 Å². The van der Waals surface area contributed by atoms with Gasteiger partial charge in [0.15, 0.2) is 0 Å². The molecule has 0 aromatic heterocycles. The molecule has 2 aromatic carbocycles. The molecule has 0 spiro atoms. The lowest BCUT2D eigenvalue weighted by atomic mass is 10.1. The van der Waals surface area contributed by atoms with Crippen molar-refractivity contribution in [3.8, 4) is 0 Å². The Morgan fingerprint density at radius 3 is 2.52 bits per heavy atom. The Balaban J connectivity index is 1.76. The van der Waals surface area contributed by atoms with Gasteiger partial charge in [0, 0.05) is 25.2 Å². The molecule has 8 nitrogen and oxygen atoms in total. The fourth-order valence-corrected chi connectivity index (χ4v) is 2.33. The Morgan fingerprint density at radius 2 is 1.81 bits per heavy atom. The molecule has 2 rings (SSSR count). The maximum Gasteiger partial charge on any atom is 0.315 e. The summed E-state index contributed by atoms with van der Waals surface area (Å²) in [6.07, 6.45) is 0. The molecule has 0 unspecified atom stereocenters. The molecule has 142 valence electrons. The van der Waals surface area contributed by atoms with Gasteiger partial charge in [0.25, 0.3) is 11.6 Å². The molecule has 0 aliphatic heterocycles. The van der Waals surface area contributed by atoms with Crippen molar-refractivity contribution in [1.29, 1.82) is 0 Å². The number of hydrogen-bond acceptors (Lipinski definition) is 4. The van der Waals surface area contributed by atoms with E-state index in [4.69, 9.17) is 0 Å². The molecule has 1 atom stereocenters. The fourth-order valence-electron chi connectivity index (χ4n) is 2.33. The molecule has 27 heavy (non-hydrogen) atoms. The zero-order chi connectivity index (χ0) is 19.8. The molecule has 9 heteroatoms. The molecular weight excluding hydrogens is 355 g/mol. The molecule has 0 saturated heterocycles. The van der Waals surface area contributed by atoms with Gasteiger partial charge in [-0.15, -0.1) is 0 Å². The highest BCUT2D eigenvalue weighted by molar-refractivity contribution is 5.94. The summed E-state index contributed by atoms with van der Waals surface area (Å²) in [5.74, 6) is -1.19. The SMILES string of the molecule is C[C@@H](NC(=O)NCCNC(=O)c1ccccc1F)c1cccc([N+](=O)[O-])c1. The topological polar surface area (TPSA) is 113 Å². The standard InChI is InChI=1S/C18H19FN4O4/c1-12(13-5-4-6-14(11-13)23(26)27)22-18(25)21-10-9-20-17(24)15-7-2-3-8-16(15)19/h2-8,11-12H,9-10H2,1H3,(H,20,24)(H2,21,22,25)/t12-/m1/s1. The van der Waals surface area contributed by atoms with E-state index in [1.54, 1.807) is 25.1 Å². The number of hydrogen-bond donors (Lipinski definition) is 3. The number of halogens is 1. The minimum Gasteiger partial charge on any atom is -0.350 e. The fraction of sp³-hybridized carbons (Fsp3) is 0.222. The maximum absolute atomic E-state index is 13.5. The van der Waals surface area contributed by atoms with Crippen molar-refractivity contribution in [2.24, 2.45) is 0 Å². The van der Waals surface area contributed by atoms with Crippen LogP contribution in [-0.4, -0.2) is 30.0 Å². The number of carbonyl (C=O) groups is 2. The first-order chi connectivity index (χ1) is 12.9. The lowest BCUT2D eigenvalue weighted by molar-refractivity contribution is -0.384. The quantitative estimate of drug-likeness (QED) is 0.392. The highest BCUT2D eigenvalue weighted by atomic mass is 19.1. The molecular formula is C18H19FN4O4. The maximum atomic E-state index is 13.5. The molecule has 3 amide bonds. The normalized spacial score (nSPS) is 11.3. The van der Waals surface area contributed by atoms with E-state index in [9.17, 15) is 24.1 Å². The van der Waals surface area contributed by atoms with Crippen LogP contribution in [0.15, 0.2) is 48.5 Å². The second-order valence-corrected chi connectivity index (χ2v) is 5.71. The van der Waals surface area contributed by atoms with Crippen LogP contribution in [0, 0.1) is 15.9 Å². The average Bonchev–Trinajstić information content (AvgIpc) is 2.65. The lowest BCUT2D eigenvalue weighted by Gasteiger charge is -2.15. The summed E-state index contributed by atoms with van der Waals surface area (Å²) < 4.78 is 13.5. The average molecular weight is 374 g/mol. The van der Waals surface area contributed by atoms with E-state index >= 15 is 0 Å². The van der Waals surface area contributed by atoms with Gasteiger partial charge in [0.1, 0.15) is 5.82 Å². The predicted octanol–water partition coefficient (Wildman–Crippen LogP) is 2.52. The van der Waals surface area contributed by atoms with Crippen LogP contribution in [0.1, 0.15) is 28.9 Å². The smallest absolute Gasteiger partial charge is 0.315 e. The minimum atomic E-state index is -0.619. The Bertz CT molecular complexity index is 844. The zero-order valence-corrected chi connectivity index (χ0v) is 14.6. The van der Waals surface area contributed by atoms with Gasteiger partial charge in [-0.25, -0.2) is 9.18 Å². The highest BCUT2D eigenvalue weighted by Gasteiger charge is 2.13. The van der Waals surface area contributed by atoms with Crippen molar-refractivity contribution in [3.63, 3.8) is 0 Å². The van der Waals surface area contributed by atoms with Crippen LogP contribution in [-0.2, 0) is 0 Å². The summed E-state index contributed by atoms with van der Waals surface area (Å²) in [5.41, 5.74) is 0.464. The molecule has 0 aliphatic rings. The molecule has 2 aromatic rings. The number of carbonyl (C=O) groups excluding carboxylic acids is 2. The molecule has 0 bridgehead atoms. The van der Waals surface area contributed by atoms with Gasteiger partial charge < -0.3 is 16.0 Å². The Kier molecular flexibility index (Phi) is 6.81. The van der Waals surface area contributed by atoms with Crippen molar-refractivity contribution in [3.05, 3.63) is 75.6 Å². The molecule has 0 heterocycles. The van der Waals surface area contributed by atoms with Gasteiger partial charge in [0.05, 0.1) is 16.5 Å². The van der Waals surface area contributed by atoms with E-state index < -0.39 is 28.7 Å². The van der Waals surface area contributed by atoms with Gasteiger partial charge in [-0.05, 0) is 24.6 Å². The number of nitro benzene ring substituents is 1. The first-order valence-corrected chi connectivity index (χ1v) is 8.20. The van der Waals surface area contributed by atoms with Crippen LogP contribution < -0.4 is 16.0 Å². The van der Waals surface area contributed by atoms with Crippen molar-refractivity contribution in [1.82, 2.24) is 16.0 Å². The van der Waals surface area contributed by atoms with Gasteiger partial charge in [-0.1, -0.05) is 24.3 Å². The van der Waals surface area contributed by atoms with Crippen molar-refractivity contribution >= 4 is 17.6 Å². The molecule has 0 saturated carbocycles. The van der Waals surface area contributed by atoms with Gasteiger partial charge >= 0.3 is 6.03 Å². The van der Waals surface area contributed by atoms with Gasteiger partial charge in [-0.2, -0.15) is 0 Å². The van der Waals surface area contributed by atoms with Crippen molar-refractivity contribution in [2.45, 2.75) is 13.0 Å². The Hall–Kier alpha value is -3.49. The molecule has 0 fully saturated rings. The number of urea groups is 1. The third kappa shape index (κ3) is 5.77. The lowest BCUT2D eigenvalue weighted by Crippen LogP contribution is -2.41. The predicted molar refractivity (Wildman–Crippen MR) is 96.8 cm³/mol. The largest absolute Gasteiger partial charge is 0.350 e. The summed E-state index contributed by atoms with van der Waals surface area (Å²) in [6, 6.07) is 10.6. The summed E-state index contributed by atoms with van der Waals surface area (Å²) in [7, 11) is 0. The summed E-state index contributed by atoms with van der Waals surface area (Å²) >= 11 is 0. The number of nitrogens with one attached hydrogen (secondary N) is 3. The Morgan fingerprint density at radius 1 is 1.11 bits per heavy atom. The van der Waals surface area contributed by atoms with E-state index in [1.807, 2.05) is 0 Å². The third-order valence-electron chi connectivity index (χ3n) is 3.74. The van der Waals surface area contributed by atoms with E-state index in [1.165, 1.54) is 30.3 Å². The van der Waals surface area contributed by atoms with Crippen LogP contribution in [0.25, 0.3) is 0 Å². The van der Waals surface area contributed by atoms with Crippen LogP contribution >= 0.6 is 0 Å². The number of non-ortho nitro benzene ring substituents is 1. The van der Waals surface area contributed by atoms with Crippen LogP contribution in [0.4, 0.5) is 14.9 Å². The zero-order valence-electron chi connectivity index (χ0n) is 14.6. The molecule has 3 N–H and O–H groups in total. The second kappa shape index (κ2) is 9.27.